The van der Waals surface area contributed by atoms with Gasteiger partial charge in [-0.25, -0.2) is 0 Å². The quantitative estimate of drug-likeness (QED) is 0.736. The van der Waals surface area contributed by atoms with Gasteiger partial charge in [0.1, 0.15) is 12.1 Å². The van der Waals surface area contributed by atoms with E-state index in [2.05, 4.69) is 10.1 Å². The van der Waals surface area contributed by atoms with Gasteiger partial charge in [-0.1, -0.05) is 18.5 Å². The number of pyridine rings is 1. The Bertz CT molecular complexity index is 778. The van der Waals surface area contributed by atoms with Crippen LogP contribution in [0.4, 0.5) is 0 Å². The van der Waals surface area contributed by atoms with Crippen molar-refractivity contribution in [2.45, 2.75) is 19.9 Å². The Morgan fingerprint density at radius 3 is 2.95 bits per heavy atom. The highest BCUT2D eigenvalue weighted by Crippen LogP contribution is 2.31. The van der Waals surface area contributed by atoms with Gasteiger partial charge in [-0.15, -0.1) is 11.3 Å². The summed E-state index contributed by atoms with van der Waals surface area (Å²) in [5, 5.41) is 4.23. The lowest BCUT2D eigenvalue weighted by Crippen LogP contribution is -2.09. The van der Waals surface area contributed by atoms with Crippen LogP contribution in [0.15, 0.2) is 30.6 Å². The maximum absolute atomic E-state index is 11.6. The molecule has 0 saturated carbocycles. The molecule has 0 aliphatic heterocycles. The first-order valence-electron chi connectivity index (χ1n) is 6.26. The zero-order valence-corrected chi connectivity index (χ0v) is 12.4. The summed E-state index contributed by atoms with van der Waals surface area (Å²) in [7, 11) is 0. The van der Waals surface area contributed by atoms with Crippen molar-refractivity contribution in [2.24, 2.45) is 0 Å². The average Bonchev–Trinajstić information content (AvgIpc) is 3.05. The highest BCUT2D eigenvalue weighted by atomic mass is 35.5. The number of rotatable bonds is 4. The van der Waals surface area contributed by atoms with E-state index in [9.17, 15) is 4.79 Å². The van der Waals surface area contributed by atoms with Gasteiger partial charge in [0.25, 0.3) is 0 Å². The van der Waals surface area contributed by atoms with Gasteiger partial charge in [-0.3, -0.25) is 14.5 Å². The van der Waals surface area contributed by atoms with E-state index in [0.29, 0.717) is 6.42 Å². The molecule has 6 heteroatoms. The van der Waals surface area contributed by atoms with Crippen LogP contribution < -0.4 is 0 Å². The molecule has 3 rings (SSSR count). The van der Waals surface area contributed by atoms with Gasteiger partial charge in [-0.2, -0.15) is 5.10 Å². The molecule has 0 unspecified atom stereocenters. The Hall–Kier alpha value is -1.72. The molecule has 0 spiro atoms. The minimum Gasteiger partial charge on any atom is -0.298 e. The zero-order valence-electron chi connectivity index (χ0n) is 10.8. The highest BCUT2D eigenvalue weighted by molar-refractivity contribution is 7.19. The number of nitrogens with zero attached hydrogens (tertiary/aromatic N) is 3. The van der Waals surface area contributed by atoms with Gasteiger partial charge >= 0.3 is 0 Å². The van der Waals surface area contributed by atoms with Crippen molar-refractivity contribution >= 4 is 39.8 Å². The summed E-state index contributed by atoms with van der Waals surface area (Å²) >= 11 is 7.47. The number of Topliss-reactive ketones (excluding diaryl/α,β-unsaturated/α-hetero) is 1. The Labute approximate surface area is 125 Å². The Morgan fingerprint density at radius 1 is 1.40 bits per heavy atom. The predicted molar refractivity (Wildman–Crippen MR) is 81.1 cm³/mol. The van der Waals surface area contributed by atoms with Gasteiger partial charge in [0.15, 0.2) is 5.78 Å². The SMILES string of the molecule is CCC(=O)Cn1ncc2ncc(-c3ccc(Cl)s3)cc21. The summed E-state index contributed by atoms with van der Waals surface area (Å²) in [6.45, 7) is 2.14. The number of ketones is 1. The molecule has 0 saturated heterocycles. The Balaban J connectivity index is 2.05. The summed E-state index contributed by atoms with van der Waals surface area (Å²) in [6, 6.07) is 5.83. The molecule has 0 radical (unpaired) electrons. The number of hydrogen-bond donors (Lipinski definition) is 0. The van der Waals surface area contributed by atoms with Crippen molar-refractivity contribution in [1.82, 2.24) is 14.8 Å². The normalized spacial score (nSPS) is 11.1. The molecule has 0 bridgehead atoms. The van der Waals surface area contributed by atoms with Gasteiger partial charge < -0.3 is 0 Å². The first-order chi connectivity index (χ1) is 9.67. The van der Waals surface area contributed by atoms with E-state index < -0.39 is 0 Å². The second kappa shape index (κ2) is 5.34. The van der Waals surface area contributed by atoms with E-state index in [4.69, 9.17) is 11.6 Å². The number of aromatic nitrogens is 3. The van der Waals surface area contributed by atoms with E-state index in [0.717, 1.165) is 25.8 Å². The van der Waals surface area contributed by atoms with Crippen molar-refractivity contribution in [1.29, 1.82) is 0 Å². The fourth-order valence-electron chi connectivity index (χ4n) is 1.97. The summed E-state index contributed by atoms with van der Waals surface area (Å²) in [5.74, 6) is 0.152. The molecule has 0 aromatic carbocycles. The van der Waals surface area contributed by atoms with E-state index in [-0.39, 0.29) is 12.3 Å². The monoisotopic (exact) mass is 305 g/mol. The molecule has 102 valence electrons. The van der Waals surface area contributed by atoms with E-state index in [1.807, 2.05) is 25.1 Å². The lowest BCUT2D eigenvalue weighted by Gasteiger charge is -2.02. The average molecular weight is 306 g/mol. The number of thiophene rings is 1. The molecule has 3 aromatic heterocycles. The predicted octanol–water partition coefficient (Wildman–Crippen LogP) is 3.79. The van der Waals surface area contributed by atoms with Gasteiger partial charge in [0.2, 0.25) is 0 Å². The van der Waals surface area contributed by atoms with Gasteiger partial charge in [0.05, 0.1) is 16.0 Å². The van der Waals surface area contributed by atoms with Crippen molar-refractivity contribution in [2.75, 3.05) is 0 Å². The van der Waals surface area contributed by atoms with Crippen molar-refractivity contribution in [3.63, 3.8) is 0 Å². The minimum atomic E-state index is 0.152. The molecule has 0 N–H and O–H groups in total. The number of carbonyl (C=O) groups is 1. The maximum Gasteiger partial charge on any atom is 0.154 e. The summed E-state index contributed by atoms with van der Waals surface area (Å²) in [5.41, 5.74) is 2.65. The second-order valence-electron chi connectivity index (χ2n) is 4.43. The first kappa shape index (κ1) is 13.3. The summed E-state index contributed by atoms with van der Waals surface area (Å²) < 4.78 is 2.45. The van der Waals surface area contributed by atoms with Crippen LogP contribution in [0.5, 0.6) is 0 Å². The molecule has 0 fully saturated rings. The smallest absolute Gasteiger partial charge is 0.154 e. The van der Waals surface area contributed by atoms with Crippen LogP contribution in [-0.4, -0.2) is 20.5 Å². The van der Waals surface area contributed by atoms with Crippen LogP contribution >= 0.6 is 22.9 Å². The van der Waals surface area contributed by atoms with Crippen LogP contribution in [0, 0.1) is 0 Å². The van der Waals surface area contributed by atoms with Gasteiger partial charge in [-0.05, 0) is 18.2 Å². The number of halogens is 1. The van der Waals surface area contributed by atoms with Crippen LogP contribution in [0.2, 0.25) is 4.34 Å². The van der Waals surface area contributed by atoms with Crippen LogP contribution in [0.3, 0.4) is 0 Å². The van der Waals surface area contributed by atoms with Gasteiger partial charge in [0, 0.05) is 23.1 Å². The second-order valence-corrected chi connectivity index (χ2v) is 6.14. The third-order valence-electron chi connectivity index (χ3n) is 3.07. The number of hydrogen-bond acceptors (Lipinski definition) is 4. The molecule has 3 heterocycles. The number of carbonyl (C=O) groups excluding carboxylic acids is 1. The fourth-order valence-corrected chi connectivity index (χ4v) is 2.99. The number of fused-ring (bicyclic) bond motifs is 1. The first-order valence-corrected chi connectivity index (χ1v) is 7.46. The highest BCUT2D eigenvalue weighted by Gasteiger charge is 2.10. The molecule has 4 nitrogen and oxygen atoms in total. The maximum atomic E-state index is 11.6. The molecule has 20 heavy (non-hydrogen) atoms. The van der Waals surface area contributed by atoms with Crippen LogP contribution in [-0.2, 0) is 11.3 Å². The lowest BCUT2D eigenvalue weighted by molar-refractivity contribution is -0.119. The summed E-state index contributed by atoms with van der Waals surface area (Å²) in [4.78, 5) is 17.0. The molecule has 0 aliphatic carbocycles. The Morgan fingerprint density at radius 2 is 2.25 bits per heavy atom. The van der Waals surface area contributed by atoms with E-state index in [1.54, 1.807) is 17.1 Å². The van der Waals surface area contributed by atoms with Crippen LogP contribution in [0.25, 0.3) is 21.5 Å². The van der Waals surface area contributed by atoms with Crippen molar-refractivity contribution < 1.29 is 4.79 Å². The van der Waals surface area contributed by atoms with Crippen LogP contribution in [0.1, 0.15) is 13.3 Å². The standard InChI is InChI=1S/C14H12ClN3OS/c1-2-10(19)8-18-12-5-9(6-16-11(12)7-17-18)13-3-4-14(15)20-13/h3-7H,2,8H2,1H3. The minimum absolute atomic E-state index is 0.152. The zero-order chi connectivity index (χ0) is 14.1. The Kier molecular flexibility index (Phi) is 3.54. The van der Waals surface area contributed by atoms with E-state index in [1.165, 1.54) is 11.3 Å². The van der Waals surface area contributed by atoms with Crippen molar-refractivity contribution in [3.8, 4) is 10.4 Å². The third kappa shape index (κ3) is 2.46. The summed E-state index contributed by atoms with van der Waals surface area (Å²) in [6.07, 6.45) is 4.00. The molecule has 0 atom stereocenters. The van der Waals surface area contributed by atoms with Crippen molar-refractivity contribution in [3.05, 3.63) is 34.9 Å². The lowest BCUT2D eigenvalue weighted by atomic mass is 10.2. The molecular weight excluding hydrogens is 294 g/mol. The fraction of sp³-hybridized carbons (Fsp3) is 0.214. The largest absolute Gasteiger partial charge is 0.298 e. The topological polar surface area (TPSA) is 47.8 Å². The molecule has 3 aromatic rings. The third-order valence-corrected chi connectivity index (χ3v) is 4.35. The molecule has 0 aliphatic rings. The molecular formula is C14H12ClN3OS. The molecule has 0 amide bonds. The van der Waals surface area contributed by atoms with E-state index >= 15 is 0 Å².